The number of methoxy groups -OCH3 is 1. The number of aliphatic hydroxyl groups is 1. The minimum atomic E-state index is -3.54. The summed E-state index contributed by atoms with van der Waals surface area (Å²) in [6, 6.07) is 17.7. The lowest BCUT2D eigenvalue weighted by Crippen LogP contribution is -2.35. The smallest absolute Gasteiger partial charge is 0.243 e. The number of sulfonamides is 1. The zero-order valence-electron chi connectivity index (χ0n) is 21.7. The SMILES string of the molecule is CC[C@H]1CCCN1S(=O)(=O)c1ccc(-c2cccc(NC(=O)C3(c4ccc(OC)c(CO)c4)CC3)n2)cc1.[HH].[HH]. The highest BCUT2D eigenvalue weighted by molar-refractivity contribution is 7.89. The van der Waals surface area contributed by atoms with E-state index in [1.165, 1.54) is 0 Å². The average molecular weight is 540 g/mol. The minimum absolute atomic E-state index is 0. The Bertz CT molecular complexity index is 1450. The Morgan fingerprint density at radius 1 is 1.18 bits per heavy atom. The Balaban J connectivity index is 0.00000220. The molecular weight excluding hydrogens is 502 g/mol. The molecule has 1 saturated heterocycles. The fraction of sp³-hybridized carbons (Fsp3) is 0.379. The van der Waals surface area contributed by atoms with Crippen LogP contribution in [-0.2, 0) is 26.8 Å². The van der Waals surface area contributed by atoms with Crippen LogP contribution in [0.3, 0.4) is 0 Å². The van der Waals surface area contributed by atoms with Crippen LogP contribution in [0.1, 0.15) is 53.0 Å². The molecule has 5 rings (SSSR count). The molecule has 1 amide bonds. The third-order valence-electron chi connectivity index (χ3n) is 7.73. The fourth-order valence-electron chi connectivity index (χ4n) is 5.34. The first-order chi connectivity index (χ1) is 18.3. The third-order valence-corrected chi connectivity index (χ3v) is 9.70. The summed E-state index contributed by atoms with van der Waals surface area (Å²) in [7, 11) is -1.99. The van der Waals surface area contributed by atoms with Gasteiger partial charge < -0.3 is 15.2 Å². The maximum Gasteiger partial charge on any atom is 0.243 e. The van der Waals surface area contributed by atoms with Crippen LogP contribution in [0.15, 0.2) is 65.6 Å². The molecule has 1 aliphatic carbocycles. The van der Waals surface area contributed by atoms with Gasteiger partial charge in [-0.1, -0.05) is 31.2 Å². The Morgan fingerprint density at radius 3 is 2.61 bits per heavy atom. The Hall–Kier alpha value is -3.27. The quantitative estimate of drug-likeness (QED) is 0.397. The summed E-state index contributed by atoms with van der Waals surface area (Å²) in [5.41, 5.74) is 2.23. The molecule has 2 aliphatic rings. The number of ether oxygens (including phenoxy) is 1. The number of benzene rings is 2. The maximum absolute atomic E-state index is 13.3. The van der Waals surface area contributed by atoms with Crippen LogP contribution in [0.5, 0.6) is 5.75 Å². The molecule has 0 spiro atoms. The lowest BCUT2D eigenvalue weighted by atomic mass is 9.93. The van der Waals surface area contributed by atoms with E-state index < -0.39 is 15.4 Å². The van der Waals surface area contributed by atoms with Crippen LogP contribution < -0.4 is 10.1 Å². The Labute approximate surface area is 226 Å². The molecule has 0 radical (unpaired) electrons. The number of carbonyl (C=O) groups is 1. The monoisotopic (exact) mass is 539 g/mol. The van der Waals surface area contributed by atoms with Gasteiger partial charge in [0, 0.05) is 26.6 Å². The molecule has 204 valence electrons. The molecule has 3 aromatic rings. The van der Waals surface area contributed by atoms with Gasteiger partial charge >= 0.3 is 0 Å². The highest BCUT2D eigenvalue weighted by Gasteiger charge is 2.51. The minimum Gasteiger partial charge on any atom is -0.496 e. The second-order valence-electron chi connectivity index (χ2n) is 9.97. The zero-order valence-corrected chi connectivity index (χ0v) is 22.5. The lowest BCUT2D eigenvalue weighted by molar-refractivity contribution is -0.118. The predicted octanol–water partition coefficient (Wildman–Crippen LogP) is 4.97. The first-order valence-corrected chi connectivity index (χ1v) is 14.5. The van der Waals surface area contributed by atoms with Crippen molar-refractivity contribution in [3.8, 4) is 17.0 Å². The number of carbonyl (C=O) groups excluding carboxylic acids is 1. The first-order valence-electron chi connectivity index (χ1n) is 13.0. The molecule has 2 aromatic carbocycles. The zero-order chi connectivity index (χ0) is 26.9. The summed E-state index contributed by atoms with van der Waals surface area (Å²) in [5.74, 6) is 0.870. The summed E-state index contributed by atoms with van der Waals surface area (Å²) in [4.78, 5) is 18.2. The van der Waals surface area contributed by atoms with E-state index in [4.69, 9.17) is 4.74 Å². The first kappa shape index (κ1) is 26.3. The van der Waals surface area contributed by atoms with E-state index >= 15 is 0 Å². The summed E-state index contributed by atoms with van der Waals surface area (Å²) in [5, 5.41) is 12.6. The Morgan fingerprint density at radius 2 is 1.95 bits per heavy atom. The lowest BCUT2D eigenvalue weighted by Gasteiger charge is -2.23. The van der Waals surface area contributed by atoms with Crippen LogP contribution in [-0.4, -0.2) is 48.4 Å². The van der Waals surface area contributed by atoms with Gasteiger partial charge in [0.1, 0.15) is 11.6 Å². The third kappa shape index (κ3) is 4.81. The number of pyridine rings is 1. The van der Waals surface area contributed by atoms with Gasteiger partial charge in [0.15, 0.2) is 0 Å². The standard InChI is InChI=1S/C29H33N3O5S.2H2/c1-3-23-6-5-17-32(23)38(35,36)24-12-9-20(10-13-24)25-7-4-8-27(30-25)31-28(34)29(15-16-29)22-11-14-26(37-2)21(18-22)19-33;;/h4,7-14,18,23,33H,3,5-6,15-17,19H2,1-2H3,(H,30,31,34);2*1H/t23-;;/m0../s1. The van der Waals surface area contributed by atoms with Gasteiger partial charge in [-0.05, 0) is 74.1 Å². The van der Waals surface area contributed by atoms with Gasteiger partial charge in [0.25, 0.3) is 0 Å². The molecule has 1 aromatic heterocycles. The van der Waals surface area contributed by atoms with Gasteiger partial charge in [-0.2, -0.15) is 4.31 Å². The van der Waals surface area contributed by atoms with E-state index in [1.807, 2.05) is 31.2 Å². The topological polar surface area (TPSA) is 109 Å². The molecule has 2 fully saturated rings. The predicted molar refractivity (Wildman–Crippen MR) is 150 cm³/mol. The maximum atomic E-state index is 13.3. The molecule has 2 heterocycles. The molecule has 0 unspecified atom stereocenters. The van der Waals surface area contributed by atoms with Gasteiger partial charge in [-0.3, -0.25) is 4.79 Å². The van der Waals surface area contributed by atoms with Crippen molar-refractivity contribution >= 4 is 21.7 Å². The summed E-state index contributed by atoms with van der Waals surface area (Å²) >= 11 is 0. The molecular formula is C29H37N3O5S. The van der Waals surface area contributed by atoms with Gasteiger partial charge in [0.2, 0.25) is 15.9 Å². The molecule has 2 N–H and O–H groups in total. The molecule has 1 aliphatic heterocycles. The Kier molecular flexibility index (Phi) is 7.26. The van der Waals surface area contributed by atoms with E-state index in [0.29, 0.717) is 42.2 Å². The van der Waals surface area contributed by atoms with Crippen LogP contribution in [0.4, 0.5) is 5.82 Å². The number of hydrogen-bond acceptors (Lipinski definition) is 6. The van der Waals surface area contributed by atoms with Crippen molar-refractivity contribution < 1.29 is 25.9 Å². The number of aliphatic hydroxyl groups excluding tert-OH is 1. The van der Waals surface area contributed by atoms with Crippen molar-refractivity contribution in [2.24, 2.45) is 0 Å². The molecule has 1 atom stereocenters. The van der Waals surface area contributed by atoms with E-state index in [0.717, 1.165) is 30.4 Å². The van der Waals surface area contributed by atoms with Crippen molar-refractivity contribution in [3.05, 3.63) is 71.8 Å². The molecule has 0 bridgehead atoms. The van der Waals surface area contributed by atoms with Crippen LogP contribution >= 0.6 is 0 Å². The van der Waals surface area contributed by atoms with Gasteiger partial charge in [-0.25, -0.2) is 13.4 Å². The van der Waals surface area contributed by atoms with Crippen LogP contribution in [0, 0.1) is 0 Å². The number of nitrogens with zero attached hydrogens (tertiary/aromatic N) is 2. The second-order valence-corrected chi connectivity index (χ2v) is 11.9. The number of amides is 1. The summed E-state index contributed by atoms with van der Waals surface area (Å²) < 4.78 is 33.2. The van der Waals surface area contributed by atoms with Crippen LogP contribution in [0.2, 0.25) is 0 Å². The molecule has 1 saturated carbocycles. The van der Waals surface area contributed by atoms with E-state index in [2.05, 4.69) is 10.3 Å². The number of rotatable bonds is 9. The van der Waals surface area contributed by atoms with E-state index in [1.54, 1.807) is 47.8 Å². The number of aromatic nitrogens is 1. The number of hydrogen-bond donors (Lipinski definition) is 2. The highest BCUT2D eigenvalue weighted by Crippen LogP contribution is 2.49. The van der Waals surface area contributed by atoms with Crippen LogP contribution in [0.25, 0.3) is 11.3 Å². The van der Waals surface area contributed by atoms with Crippen molar-refractivity contribution in [1.82, 2.24) is 9.29 Å². The fourth-order valence-corrected chi connectivity index (χ4v) is 7.11. The second kappa shape index (κ2) is 10.5. The number of anilines is 1. The van der Waals surface area contributed by atoms with Crippen molar-refractivity contribution in [3.63, 3.8) is 0 Å². The van der Waals surface area contributed by atoms with E-state index in [9.17, 15) is 18.3 Å². The normalized spacial score (nSPS) is 18.8. The molecule has 9 heteroatoms. The van der Waals surface area contributed by atoms with Gasteiger partial charge in [0.05, 0.1) is 29.7 Å². The molecule has 8 nitrogen and oxygen atoms in total. The van der Waals surface area contributed by atoms with Crippen molar-refractivity contribution in [1.29, 1.82) is 0 Å². The summed E-state index contributed by atoms with van der Waals surface area (Å²) in [6.07, 6.45) is 4.02. The molecule has 38 heavy (non-hydrogen) atoms. The van der Waals surface area contributed by atoms with E-state index in [-0.39, 0.29) is 26.3 Å². The largest absolute Gasteiger partial charge is 0.496 e. The average Bonchev–Trinajstić information content (AvgIpc) is 3.62. The highest BCUT2D eigenvalue weighted by atomic mass is 32.2. The van der Waals surface area contributed by atoms with Crippen molar-refractivity contribution in [2.45, 2.75) is 62.0 Å². The van der Waals surface area contributed by atoms with Crippen molar-refractivity contribution in [2.75, 3.05) is 19.0 Å². The van der Waals surface area contributed by atoms with Gasteiger partial charge in [-0.15, -0.1) is 0 Å². The number of nitrogens with one attached hydrogen (secondary N) is 1. The summed E-state index contributed by atoms with van der Waals surface area (Å²) in [6.45, 7) is 2.41.